The lowest BCUT2D eigenvalue weighted by Gasteiger charge is -2.31. The van der Waals surface area contributed by atoms with Crippen LogP contribution in [-0.2, 0) is 4.43 Å². The Kier molecular flexibility index (Phi) is 6.91. The fourth-order valence-corrected chi connectivity index (χ4v) is 2.12. The van der Waals surface area contributed by atoms with E-state index in [1.165, 1.54) is 12.8 Å². The second-order valence-electron chi connectivity index (χ2n) is 3.48. The second-order valence-corrected chi connectivity index (χ2v) is 3.88. The van der Waals surface area contributed by atoms with Gasteiger partial charge in [0.2, 0.25) is 0 Å². The van der Waals surface area contributed by atoms with E-state index in [9.17, 15) is 0 Å². The van der Waals surface area contributed by atoms with Crippen LogP contribution in [0.25, 0.3) is 0 Å². The molecule has 1 nitrogen and oxygen atoms in total. The molecule has 0 rings (SSSR count). The van der Waals surface area contributed by atoms with Gasteiger partial charge in [-0.2, -0.15) is 0 Å². The predicted octanol–water partition coefficient (Wildman–Crippen LogP) is 2.36. The summed E-state index contributed by atoms with van der Waals surface area (Å²) >= 11 is 0. The highest BCUT2D eigenvalue weighted by atomic mass is 28.2. The third-order valence-corrected chi connectivity index (χ3v) is 3.32. The lowest BCUT2D eigenvalue weighted by atomic mass is 9.90. The van der Waals surface area contributed by atoms with Gasteiger partial charge in [-0.15, -0.1) is 13.2 Å². The van der Waals surface area contributed by atoms with Gasteiger partial charge in [-0.25, -0.2) is 0 Å². The smallest absolute Gasteiger partial charge is 0.146 e. The average Bonchev–Trinajstić information content (AvgIpc) is 2.15. The Morgan fingerprint density at radius 2 is 1.85 bits per heavy atom. The van der Waals surface area contributed by atoms with Crippen LogP contribution in [0.4, 0.5) is 0 Å². The molecule has 0 aromatic heterocycles. The number of unbranched alkanes of at least 4 members (excludes halogenated alkanes) is 1. The minimum atomic E-state index is 0.0196. The Hall–Kier alpha value is -0.343. The normalized spacial score (nSPS) is 11.5. The van der Waals surface area contributed by atoms with E-state index < -0.39 is 0 Å². The Bertz CT molecular complexity index is 144. The highest BCUT2D eigenvalue weighted by molar-refractivity contribution is 5.98. The van der Waals surface area contributed by atoms with Crippen molar-refractivity contribution in [3.8, 4) is 0 Å². The number of hydrogen-bond acceptors (Lipinski definition) is 1. The third kappa shape index (κ3) is 4.43. The van der Waals surface area contributed by atoms with Crippen molar-refractivity contribution in [3.05, 3.63) is 25.3 Å². The van der Waals surface area contributed by atoms with Crippen LogP contribution >= 0.6 is 0 Å². The molecule has 76 valence electrons. The number of rotatable bonds is 8. The fourth-order valence-electron chi connectivity index (χ4n) is 1.58. The largest absolute Gasteiger partial charge is 0.422 e. The van der Waals surface area contributed by atoms with E-state index in [0.29, 0.717) is 0 Å². The molecule has 0 unspecified atom stereocenters. The molecule has 0 fully saturated rings. The van der Waals surface area contributed by atoms with E-state index in [1.54, 1.807) is 0 Å². The van der Waals surface area contributed by atoms with Crippen LogP contribution in [0.5, 0.6) is 0 Å². The Balaban J connectivity index is 4.23. The topological polar surface area (TPSA) is 9.23 Å². The van der Waals surface area contributed by atoms with Crippen molar-refractivity contribution in [3.63, 3.8) is 0 Å². The monoisotopic (exact) mass is 198 g/mol. The van der Waals surface area contributed by atoms with Crippen LogP contribution in [-0.4, -0.2) is 16.1 Å². The molecule has 0 heterocycles. The molecule has 0 radical (unpaired) electrons. The van der Waals surface area contributed by atoms with Gasteiger partial charge >= 0.3 is 0 Å². The van der Waals surface area contributed by atoms with Crippen LogP contribution in [0.2, 0.25) is 0 Å². The maximum atomic E-state index is 5.72. The minimum Gasteiger partial charge on any atom is -0.422 e. The molecule has 0 N–H and O–H groups in total. The maximum absolute atomic E-state index is 5.72. The summed E-state index contributed by atoms with van der Waals surface area (Å²) in [6.45, 7) is 9.78. The molecule has 0 spiro atoms. The lowest BCUT2D eigenvalue weighted by Crippen LogP contribution is -2.30. The van der Waals surface area contributed by atoms with E-state index in [1.807, 2.05) is 12.2 Å². The second kappa shape index (κ2) is 7.10. The van der Waals surface area contributed by atoms with E-state index in [2.05, 4.69) is 20.1 Å². The van der Waals surface area contributed by atoms with Crippen molar-refractivity contribution in [1.82, 2.24) is 0 Å². The van der Waals surface area contributed by atoms with Gasteiger partial charge in [0.25, 0.3) is 0 Å². The summed E-state index contributed by atoms with van der Waals surface area (Å²) in [4.78, 5) is 0. The molecule has 0 aliphatic carbocycles. The van der Waals surface area contributed by atoms with E-state index in [4.69, 9.17) is 4.43 Å². The Labute approximate surface area is 85.4 Å². The predicted molar refractivity (Wildman–Crippen MR) is 62.9 cm³/mol. The molecule has 0 aromatic carbocycles. The molecule has 0 amide bonds. The highest BCUT2D eigenvalue weighted by Gasteiger charge is 2.24. The van der Waals surface area contributed by atoms with Crippen LogP contribution in [0.15, 0.2) is 25.3 Å². The first-order valence-corrected chi connectivity index (χ1v) is 5.83. The van der Waals surface area contributed by atoms with Gasteiger partial charge < -0.3 is 4.43 Å². The summed E-state index contributed by atoms with van der Waals surface area (Å²) in [5.41, 5.74) is 0.0196. The van der Waals surface area contributed by atoms with Crippen molar-refractivity contribution in [2.45, 2.75) is 44.6 Å². The van der Waals surface area contributed by atoms with Gasteiger partial charge in [-0.05, 0) is 19.3 Å². The van der Waals surface area contributed by atoms with Crippen LogP contribution < -0.4 is 0 Å². The molecule has 0 aliphatic rings. The van der Waals surface area contributed by atoms with E-state index in [-0.39, 0.29) is 5.60 Å². The summed E-state index contributed by atoms with van der Waals surface area (Å²) in [5, 5.41) is 0. The summed E-state index contributed by atoms with van der Waals surface area (Å²) in [6.07, 6.45) is 9.38. The minimum absolute atomic E-state index is 0.0196. The first kappa shape index (κ1) is 12.7. The molecule has 0 atom stereocenters. The maximum Gasteiger partial charge on any atom is 0.146 e. The average molecular weight is 198 g/mol. The van der Waals surface area contributed by atoms with Crippen molar-refractivity contribution < 1.29 is 4.43 Å². The zero-order chi connectivity index (χ0) is 10.2. The quantitative estimate of drug-likeness (QED) is 0.430. The van der Waals surface area contributed by atoms with Crippen molar-refractivity contribution >= 4 is 10.5 Å². The zero-order valence-corrected chi connectivity index (χ0v) is 11.0. The zero-order valence-electron chi connectivity index (χ0n) is 9.01. The van der Waals surface area contributed by atoms with Crippen molar-refractivity contribution in [2.75, 3.05) is 0 Å². The molecule has 0 bridgehead atoms. The molecule has 13 heavy (non-hydrogen) atoms. The number of hydrogen-bond donors (Lipinski definition) is 0. The van der Waals surface area contributed by atoms with Crippen LogP contribution in [0.1, 0.15) is 39.0 Å². The molecule has 0 saturated heterocycles. The Morgan fingerprint density at radius 3 is 2.15 bits per heavy atom. The molecule has 0 saturated carbocycles. The molecular formula is C11H22OSi. The van der Waals surface area contributed by atoms with E-state index in [0.717, 1.165) is 29.7 Å². The van der Waals surface area contributed by atoms with Crippen LogP contribution in [0.3, 0.4) is 0 Å². The molecular weight excluding hydrogens is 176 g/mol. The highest BCUT2D eigenvalue weighted by Crippen LogP contribution is 2.27. The molecule has 0 aromatic rings. The molecule has 0 aliphatic heterocycles. The van der Waals surface area contributed by atoms with Gasteiger partial charge in [-0.1, -0.05) is 31.9 Å². The van der Waals surface area contributed by atoms with Gasteiger partial charge in [0.05, 0.1) is 5.60 Å². The lowest BCUT2D eigenvalue weighted by molar-refractivity contribution is 0.0738. The standard InChI is InChI=1S/C11H22OSi/c1-4-7-10-11(12-13,8-5-2)9-6-3/h5-6H,2-4,7-10H2,1,13H3. The first-order valence-electron chi connectivity index (χ1n) is 5.01. The van der Waals surface area contributed by atoms with Gasteiger partial charge in [-0.3, -0.25) is 0 Å². The summed E-state index contributed by atoms with van der Waals surface area (Å²) < 4.78 is 5.72. The SMILES string of the molecule is C=CCC(CC=C)(CCCC)O[SiH3]. The molecule has 2 heteroatoms. The summed E-state index contributed by atoms with van der Waals surface area (Å²) in [5.74, 6) is 0. The summed E-state index contributed by atoms with van der Waals surface area (Å²) in [6, 6.07) is 0. The summed E-state index contributed by atoms with van der Waals surface area (Å²) in [7, 11) is 0.796. The fraction of sp³-hybridized carbons (Fsp3) is 0.636. The van der Waals surface area contributed by atoms with Gasteiger partial charge in [0.15, 0.2) is 0 Å². The van der Waals surface area contributed by atoms with Gasteiger partial charge in [0, 0.05) is 0 Å². The van der Waals surface area contributed by atoms with Crippen LogP contribution in [0, 0.1) is 0 Å². The Morgan fingerprint density at radius 1 is 1.31 bits per heavy atom. The van der Waals surface area contributed by atoms with Crippen molar-refractivity contribution in [2.24, 2.45) is 0 Å². The van der Waals surface area contributed by atoms with Gasteiger partial charge in [0.1, 0.15) is 10.5 Å². The van der Waals surface area contributed by atoms with E-state index >= 15 is 0 Å². The van der Waals surface area contributed by atoms with Crippen molar-refractivity contribution in [1.29, 1.82) is 0 Å². The third-order valence-electron chi connectivity index (χ3n) is 2.45. The first-order chi connectivity index (χ1) is 6.24.